The summed E-state index contributed by atoms with van der Waals surface area (Å²) in [5.41, 5.74) is -0.218. The first-order valence-corrected chi connectivity index (χ1v) is 6.67. The lowest BCUT2D eigenvalue weighted by molar-refractivity contribution is -0.0521. The van der Waals surface area contributed by atoms with Crippen molar-refractivity contribution in [3.63, 3.8) is 0 Å². The standard InChI is InChI=1S/C12H20ClNO2/c1-8(2)10-9-5-3-4-6-12(9,7-13)14-11(15)16-10/h8-10H,3-7H2,1-2H3,(H,14,15)/t9-,10-,12+/m0/s1. The van der Waals surface area contributed by atoms with E-state index in [9.17, 15) is 4.79 Å². The van der Waals surface area contributed by atoms with E-state index in [4.69, 9.17) is 16.3 Å². The Labute approximate surface area is 102 Å². The molecule has 16 heavy (non-hydrogen) atoms. The van der Waals surface area contributed by atoms with Gasteiger partial charge in [0, 0.05) is 11.8 Å². The third-order valence-electron chi connectivity index (χ3n) is 3.98. The Kier molecular flexibility index (Phi) is 3.34. The van der Waals surface area contributed by atoms with Crippen LogP contribution in [-0.4, -0.2) is 23.6 Å². The fraction of sp³-hybridized carbons (Fsp3) is 0.917. The molecule has 1 heterocycles. The highest BCUT2D eigenvalue weighted by Crippen LogP contribution is 2.42. The van der Waals surface area contributed by atoms with E-state index < -0.39 is 0 Å². The molecule has 1 N–H and O–H groups in total. The number of hydrogen-bond donors (Lipinski definition) is 1. The van der Waals surface area contributed by atoms with Crippen molar-refractivity contribution in [1.82, 2.24) is 5.32 Å². The van der Waals surface area contributed by atoms with Crippen LogP contribution in [0.15, 0.2) is 0 Å². The summed E-state index contributed by atoms with van der Waals surface area (Å²) in [6, 6.07) is 0. The number of rotatable bonds is 2. The first-order valence-electron chi connectivity index (χ1n) is 6.14. The molecule has 2 fully saturated rings. The molecule has 0 bridgehead atoms. The Morgan fingerprint density at radius 1 is 1.56 bits per heavy atom. The minimum absolute atomic E-state index is 0.0211. The first kappa shape index (κ1) is 12.0. The van der Waals surface area contributed by atoms with Crippen LogP contribution in [0.25, 0.3) is 0 Å². The van der Waals surface area contributed by atoms with Gasteiger partial charge in [-0.05, 0) is 18.8 Å². The fourth-order valence-electron chi connectivity index (χ4n) is 3.14. The zero-order valence-electron chi connectivity index (χ0n) is 9.96. The van der Waals surface area contributed by atoms with E-state index in [2.05, 4.69) is 19.2 Å². The highest BCUT2D eigenvalue weighted by molar-refractivity contribution is 6.18. The number of halogens is 1. The lowest BCUT2D eigenvalue weighted by atomic mass is 9.68. The van der Waals surface area contributed by atoms with Crippen LogP contribution in [0.1, 0.15) is 39.5 Å². The number of fused-ring (bicyclic) bond motifs is 1. The monoisotopic (exact) mass is 245 g/mol. The van der Waals surface area contributed by atoms with E-state index in [0.29, 0.717) is 17.7 Å². The molecule has 0 radical (unpaired) electrons. The van der Waals surface area contributed by atoms with Crippen molar-refractivity contribution >= 4 is 17.7 Å². The van der Waals surface area contributed by atoms with Crippen molar-refractivity contribution in [2.75, 3.05) is 5.88 Å². The lowest BCUT2D eigenvalue weighted by Crippen LogP contribution is -2.65. The summed E-state index contributed by atoms with van der Waals surface area (Å²) >= 11 is 6.11. The second-order valence-electron chi connectivity index (χ2n) is 5.38. The van der Waals surface area contributed by atoms with Gasteiger partial charge in [-0.25, -0.2) is 4.79 Å². The number of carbonyl (C=O) groups is 1. The van der Waals surface area contributed by atoms with Crippen LogP contribution < -0.4 is 5.32 Å². The van der Waals surface area contributed by atoms with Gasteiger partial charge in [-0.3, -0.25) is 0 Å². The number of ether oxygens (including phenoxy) is 1. The summed E-state index contributed by atoms with van der Waals surface area (Å²) in [6.07, 6.45) is 4.18. The van der Waals surface area contributed by atoms with Crippen molar-refractivity contribution in [3.05, 3.63) is 0 Å². The van der Waals surface area contributed by atoms with Crippen molar-refractivity contribution in [2.24, 2.45) is 11.8 Å². The summed E-state index contributed by atoms with van der Waals surface area (Å²) in [6.45, 7) is 4.22. The maximum atomic E-state index is 11.6. The van der Waals surface area contributed by atoms with Crippen LogP contribution in [0.5, 0.6) is 0 Å². The average molecular weight is 246 g/mol. The van der Waals surface area contributed by atoms with Crippen LogP contribution in [0.2, 0.25) is 0 Å². The summed E-state index contributed by atoms with van der Waals surface area (Å²) in [5.74, 6) is 1.23. The summed E-state index contributed by atoms with van der Waals surface area (Å²) < 4.78 is 5.44. The molecule has 0 unspecified atom stereocenters. The summed E-state index contributed by atoms with van der Waals surface area (Å²) in [4.78, 5) is 11.6. The van der Waals surface area contributed by atoms with Gasteiger partial charge in [-0.2, -0.15) is 0 Å². The van der Waals surface area contributed by atoms with E-state index >= 15 is 0 Å². The second-order valence-corrected chi connectivity index (χ2v) is 5.65. The van der Waals surface area contributed by atoms with Crippen molar-refractivity contribution in [3.8, 4) is 0 Å². The molecular formula is C12H20ClNO2. The minimum atomic E-state index is -0.294. The van der Waals surface area contributed by atoms with Crippen LogP contribution >= 0.6 is 11.6 Å². The average Bonchev–Trinajstić information content (AvgIpc) is 2.27. The van der Waals surface area contributed by atoms with Gasteiger partial charge in [0.15, 0.2) is 0 Å². The Hall–Kier alpha value is -0.440. The van der Waals surface area contributed by atoms with Crippen molar-refractivity contribution in [1.29, 1.82) is 0 Å². The molecule has 0 aromatic rings. The quantitative estimate of drug-likeness (QED) is 0.760. The molecule has 2 aliphatic rings. The maximum Gasteiger partial charge on any atom is 0.407 e. The molecule has 1 saturated carbocycles. The minimum Gasteiger partial charge on any atom is -0.446 e. The molecule has 0 aromatic carbocycles. The number of nitrogens with one attached hydrogen (secondary N) is 1. The summed E-state index contributed by atoms with van der Waals surface area (Å²) in [5, 5.41) is 2.97. The number of cyclic esters (lactones) is 1. The third-order valence-corrected chi connectivity index (χ3v) is 4.46. The van der Waals surface area contributed by atoms with Crippen LogP contribution in [0.4, 0.5) is 4.79 Å². The SMILES string of the molecule is CC(C)[C@@H]1OC(=O)N[C@@]2(CCl)CCCC[C@@H]12. The third kappa shape index (κ3) is 1.90. The van der Waals surface area contributed by atoms with Gasteiger partial charge in [-0.15, -0.1) is 11.6 Å². The highest BCUT2D eigenvalue weighted by atomic mass is 35.5. The molecule has 0 spiro atoms. The second kappa shape index (κ2) is 4.44. The van der Waals surface area contributed by atoms with Gasteiger partial charge < -0.3 is 10.1 Å². The molecule has 92 valence electrons. The zero-order valence-corrected chi connectivity index (χ0v) is 10.7. The molecule has 1 aliphatic heterocycles. The highest BCUT2D eigenvalue weighted by Gasteiger charge is 2.50. The van der Waals surface area contributed by atoms with E-state index in [1.54, 1.807) is 0 Å². The van der Waals surface area contributed by atoms with Gasteiger partial charge in [0.2, 0.25) is 0 Å². The van der Waals surface area contributed by atoms with E-state index in [1.807, 2.05) is 0 Å². The van der Waals surface area contributed by atoms with E-state index in [-0.39, 0.29) is 17.7 Å². The largest absolute Gasteiger partial charge is 0.446 e. The Balaban J connectivity index is 2.26. The normalized spacial score (nSPS) is 38.9. The number of amides is 1. The zero-order chi connectivity index (χ0) is 11.8. The van der Waals surface area contributed by atoms with Crippen molar-refractivity contribution in [2.45, 2.75) is 51.2 Å². The smallest absolute Gasteiger partial charge is 0.407 e. The van der Waals surface area contributed by atoms with Gasteiger partial charge in [-0.1, -0.05) is 26.7 Å². The van der Waals surface area contributed by atoms with Gasteiger partial charge in [0.25, 0.3) is 0 Å². The Morgan fingerprint density at radius 3 is 2.94 bits per heavy atom. The molecule has 1 amide bonds. The molecule has 1 saturated heterocycles. The molecular weight excluding hydrogens is 226 g/mol. The van der Waals surface area contributed by atoms with Gasteiger partial charge in [0.05, 0.1) is 5.54 Å². The van der Waals surface area contributed by atoms with Crippen LogP contribution in [-0.2, 0) is 4.74 Å². The molecule has 0 aromatic heterocycles. The van der Waals surface area contributed by atoms with Gasteiger partial charge >= 0.3 is 6.09 Å². The fourth-order valence-corrected chi connectivity index (χ4v) is 3.54. The predicted octanol–water partition coefficient (Wildman–Crippen LogP) is 2.92. The topological polar surface area (TPSA) is 38.3 Å². The van der Waals surface area contributed by atoms with Crippen molar-refractivity contribution < 1.29 is 9.53 Å². The predicted molar refractivity (Wildman–Crippen MR) is 63.7 cm³/mol. The van der Waals surface area contributed by atoms with Crippen LogP contribution in [0, 0.1) is 11.8 Å². The maximum absolute atomic E-state index is 11.6. The summed E-state index contributed by atoms with van der Waals surface area (Å²) in [7, 11) is 0. The molecule has 3 atom stereocenters. The number of carbonyl (C=O) groups excluding carboxylic acids is 1. The number of alkyl carbamates (subject to hydrolysis) is 1. The van der Waals surface area contributed by atoms with Gasteiger partial charge in [0.1, 0.15) is 6.10 Å². The Bertz CT molecular complexity index is 282. The van der Waals surface area contributed by atoms with Crippen LogP contribution in [0.3, 0.4) is 0 Å². The van der Waals surface area contributed by atoms with E-state index in [0.717, 1.165) is 19.3 Å². The Morgan fingerprint density at radius 2 is 2.31 bits per heavy atom. The van der Waals surface area contributed by atoms with E-state index in [1.165, 1.54) is 6.42 Å². The molecule has 2 rings (SSSR count). The number of alkyl halides is 1. The molecule has 1 aliphatic carbocycles. The first-order chi connectivity index (χ1) is 7.59. The molecule has 4 heteroatoms. The number of hydrogen-bond acceptors (Lipinski definition) is 2. The molecule has 3 nitrogen and oxygen atoms in total. The lowest BCUT2D eigenvalue weighted by Gasteiger charge is -2.50.